The summed E-state index contributed by atoms with van der Waals surface area (Å²) in [6.45, 7) is 2.18. The van der Waals surface area contributed by atoms with Gasteiger partial charge in [-0.1, -0.05) is 29.8 Å². The fraction of sp³-hybridized carbons (Fsp3) is 0.143. The summed E-state index contributed by atoms with van der Waals surface area (Å²) in [5.74, 6) is 0.453. The zero-order chi connectivity index (χ0) is 19.5. The van der Waals surface area contributed by atoms with E-state index in [2.05, 4.69) is 39.6 Å². The highest BCUT2D eigenvalue weighted by Gasteiger charge is 2.11. The molecule has 0 aliphatic heterocycles. The lowest BCUT2D eigenvalue weighted by molar-refractivity contribution is -0.116. The summed E-state index contributed by atoms with van der Waals surface area (Å²) < 4.78 is 3.27. The van der Waals surface area contributed by atoms with Crippen LogP contribution in [0.2, 0.25) is 0 Å². The Labute approximate surface area is 162 Å². The molecule has 3 aromatic heterocycles. The Morgan fingerprint density at radius 1 is 1.07 bits per heavy atom. The summed E-state index contributed by atoms with van der Waals surface area (Å²) in [6.07, 6.45) is 7.09. The highest BCUT2D eigenvalue weighted by Crippen LogP contribution is 2.21. The molecule has 0 saturated heterocycles. The Kier molecular flexibility index (Phi) is 4.72. The maximum absolute atomic E-state index is 12.4. The molecule has 0 radical (unpaired) electrons. The van der Waals surface area contributed by atoms with Gasteiger partial charge in [0.25, 0.3) is 0 Å². The van der Waals surface area contributed by atoms with Crippen LogP contribution in [0.15, 0.2) is 67.3 Å². The number of hydrogen-bond acceptors (Lipinski definition) is 4. The molecule has 0 aliphatic carbocycles. The summed E-state index contributed by atoms with van der Waals surface area (Å²) in [7, 11) is 1.79. The molecule has 1 amide bonds. The number of benzene rings is 1. The SMILES string of the molecule is Cc1ccc(-c2cnn(CC(=O)Nc3cc(-c4cccnc4)nn3C)c2)cc1. The second-order valence-corrected chi connectivity index (χ2v) is 6.62. The fourth-order valence-electron chi connectivity index (χ4n) is 2.91. The van der Waals surface area contributed by atoms with Crippen molar-refractivity contribution in [3.8, 4) is 22.4 Å². The minimum atomic E-state index is -0.167. The topological polar surface area (TPSA) is 77.6 Å². The number of amides is 1. The van der Waals surface area contributed by atoms with Gasteiger partial charge in [-0.05, 0) is 24.6 Å². The lowest BCUT2D eigenvalue weighted by Gasteiger charge is -2.05. The first-order chi connectivity index (χ1) is 13.6. The fourth-order valence-corrected chi connectivity index (χ4v) is 2.91. The molecule has 0 spiro atoms. The molecule has 7 nitrogen and oxygen atoms in total. The van der Waals surface area contributed by atoms with E-state index in [1.54, 1.807) is 35.0 Å². The van der Waals surface area contributed by atoms with Crippen LogP contribution in [-0.4, -0.2) is 30.5 Å². The maximum atomic E-state index is 12.4. The molecule has 4 rings (SSSR count). The molecule has 0 bridgehead atoms. The second kappa shape index (κ2) is 7.48. The largest absolute Gasteiger partial charge is 0.309 e. The lowest BCUT2D eigenvalue weighted by Crippen LogP contribution is -2.20. The summed E-state index contributed by atoms with van der Waals surface area (Å²) >= 11 is 0. The molecule has 28 heavy (non-hydrogen) atoms. The third-order valence-electron chi connectivity index (χ3n) is 4.43. The van der Waals surface area contributed by atoms with Crippen LogP contribution in [0.4, 0.5) is 5.82 Å². The minimum absolute atomic E-state index is 0.124. The number of rotatable bonds is 5. The van der Waals surface area contributed by atoms with Crippen LogP contribution < -0.4 is 5.32 Å². The summed E-state index contributed by atoms with van der Waals surface area (Å²) in [5.41, 5.74) is 4.91. The maximum Gasteiger partial charge on any atom is 0.247 e. The smallest absolute Gasteiger partial charge is 0.247 e. The molecular weight excluding hydrogens is 352 g/mol. The van der Waals surface area contributed by atoms with Gasteiger partial charge in [-0.3, -0.25) is 19.1 Å². The molecule has 4 aromatic rings. The molecule has 1 aromatic carbocycles. The Hall–Kier alpha value is -3.74. The molecule has 0 atom stereocenters. The quantitative estimate of drug-likeness (QED) is 0.583. The average Bonchev–Trinajstić information content (AvgIpc) is 3.30. The standard InChI is InChI=1S/C21H20N6O/c1-15-5-7-16(8-6-15)18-12-23-27(13-18)14-21(28)24-20-10-19(25-26(20)2)17-4-3-9-22-11-17/h3-13H,14H2,1-2H3,(H,24,28). The molecule has 1 N–H and O–H groups in total. The van der Waals surface area contributed by atoms with Crippen molar-refractivity contribution in [2.75, 3.05) is 5.32 Å². The summed E-state index contributed by atoms with van der Waals surface area (Å²) in [5, 5.41) is 11.6. The number of carbonyl (C=O) groups is 1. The molecule has 0 unspecified atom stereocenters. The van der Waals surface area contributed by atoms with Crippen molar-refractivity contribution < 1.29 is 4.79 Å². The van der Waals surface area contributed by atoms with E-state index in [1.807, 2.05) is 36.5 Å². The van der Waals surface area contributed by atoms with Gasteiger partial charge in [0.2, 0.25) is 5.91 Å². The molecule has 7 heteroatoms. The van der Waals surface area contributed by atoms with Crippen molar-refractivity contribution in [1.82, 2.24) is 24.5 Å². The van der Waals surface area contributed by atoms with E-state index in [1.165, 1.54) is 5.56 Å². The van der Waals surface area contributed by atoms with E-state index >= 15 is 0 Å². The van der Waals surface area contributed by atoms with Crippen LogP contribution in [0.5, 0.6) is 0 Å². The minimum Gasteiger partial charge on any atom is -0.309 e. The van der Waals surface area contributed by atoms with Gasteiger partial charge in [0.15, 0.2) is 0 Å². The second-order valence-electron chi connectivity index (χ2n) is 6.62. The predicted octanol–water partition coefficient (Wildman–Crippen LogP) is 3.29. The summed E-state index contributed by atoms with van der Waals surface area (Å²) in [6, 6.07) is 13.8. The van der Waals surface area contributed by atoms with Gasteiger partial charge >= 0.3 is 0 Å². The van der Waals surface area contributed by atoms with E-state index in [4.69, 9.17) is 0 Å². The molecular formula is C21H20N6O. The first-order valence-electron chi connectivity index (χ1n) is 8.92. The van der Waals surface area contributed by atoms with Gasteiger partial charge in [-0.15, -0.1) is 0 Å². The average molecular weight is 372 g/mol. The number of nitrogens with one attached hydrogen (secondary N) is 1. The Bertz CT molecular complexity index is 1100. The first-order valence-corrected chi connectivity index (χ1v) is 8.92. The van der Waals surface area contributed by atoms with Gasteiger partial charge in [-0.2, -0.15) is 10.2 Å². The lowest BCUT2D eigenvalue weighted by atomic mass is 10.1. The zero-order valence-corrected chi connectivity index (χ0v) is 15.7. The van der Waals surface area contributed by atoms with E-state index in [-0.39, 0.29) is 12.5 Å². The van der Waals surface area contributed by atoms with Crippen molar-refractivity contribution >= 4 is 11.7 Å². The number of pyridine rings is 1. The number of hydrogen-bond donors (Lipinski definition) is 1. The normalized spacial score (nSPS) is 10.8. The third-order valence-corrected chi connectivity index (χ3v) is 4.43. The highest BCUT2D eigenvalue weighted by molar-refractivity contribution is 5.90. The summed E-state index contributed by atoms with van der Waals surface area (Å²) in [4.78, 5) is 16.5. The van der Waals surface area contributed by atoms with Crippen LogP contribution in [0.1, 0.15) is 5.56 Å². The van der Waals surface area contributed by atoms with E-state index in [0.29, 0.717) is 5.82 Å². The van der Waals surface area contributed by atoms with Crippen molar-refractivity contribution in [3.05, 3.63) is 72.8 Å². The molecule has 140 valence electrons. The molecule has 0 fully saturated rings. The van der Waals surface area contributed by atoms with Gasteiger partial charge in [-0.25, -0.2) is 0 Å². The van der Waals surface area contributed by atoms with Gasteiger partial charge in [0.05, 0.1) is 11.9 Å². The van der Waals surface area contributed by atoms with Crippen molar-refractivity contribution in [2.45, 2.75) is 13.5 Å². The van der Waals surface area contributed by atoms with Gasteiger partial charge < -0.3 is 5.32 Å². The molecule has 0 aliphatic rings. The Morgan fingerprint density at radius 2 is 1.89 bits per heavy atom. The number of aromatic nitrogens is 5. The Balaban J connectivity index is 1.44. The van der Waals surface area contributed by atoms with Crippen LogP contribution in [0.25, 0.3) is 22.4 Å². The van der Waals surface area contributed by atoms with Gasteiger partial charge in [0.1, 0.15) is 12.4 Å². The van der Waals surface area contributed by atoms with Crippen molar-refractivity contribution in [3.63, 3.8) is 0 Å². The zero-order valence-electron chi connectivity index (χ0n) is 15.7. The van der Waals surface area contributed by atoms with Crippen LogP contribution >= 0.6 is 0 Å². The van der Waals surface area contributed by atoms with Crippen LogP contribution in [0, 0.1) is 6.92 Å². The van der Waals surface area contributed by atoms with Crippen LogP contribution in [0.3, 0.4) is 0 Å². The Morgan fingerprint density at radius 3 is 2.64 bits per heavy atom. The third kappa shape index (κ3) is 3.83. The van der Waals surface area contributed by atoms with Crippen LogP contribution in [-0.2, 0) is 18.4 Å². The molecule has 0 saturated carbocycles. The van der Waals surface area contributed by atoms with E-state index in [0.717, 1.165) is 22.4 Å². The number of anilines is 1. The number of nitrogens with zero attached hydrogens (tertiary/aromatic N) is 5. The monoisotopic (exact) mass is 372 g/mol. The van der Waals surface area contributed by atoms with E-state index in [9.17, 15) is 4.79 Å². The predicted molar refractivity (Wildman–Crippen MR) is 107 cm³/mol. The van der Waals surface area contributed by atoms with Gasteiger partial charge in [0, 0.05) is 42.8 Å². The highest BCUT2D eigenvalue weighted by atomic mass is 16.2. The number of aryl methyl sites for hydroxylation is 2. The van der Waals surface area contributed by atoms with Crippen molar-refractivity contribution in [1.29, 1.82) is 0 Å². The number of carbonyl (C=O) groups excluding carboxylic acids is 1. The van der Waals surface area contributed by atoms with Crippen molar-refractivity contribution in [2.24, 2.45) is 7.05 Å². The van der Waals surface area contributed by atoms with E-state index < -0.39 is 0 Å². The molecule has 3 heterocycles. The first kappa shape index (κ1) is 17.7.